The first-order chi connectivity index (χ1) is 9.11. The van der Waals surface area contributed by atoms with Crippen molar-refractivity contribution in [3.63, 3.8) is 0 Å². The molecule has 2 nitrogen and oxygen atoms in total. The first-order valence-corrected chi connectivity index (χ1v) is 8.49. The Bertz CT molecular complexity index is 363. The van der Waals surface area contributed by atoms with Gasteiger partial charge in [-0.1, -0.05) is 19.4 Å². The van der Waals surface area contributed by atoms with Gasteiger partial charge in [0.15, 0.2) is 0 Å². The minimum atomic E-state index is 0.404. The van der Waals surface area contributed by atoms with Gasteiger partial charge >= 0.3 is 0 Å². The second-order valence-electron chi connectivity index (χ2n) is 6.14. The fraction of sp³-hybridized carbons (Fsp3) is 0.750. The second kappa shape index (κ2) is 6.87. The third-order valence-electron chi connectivity index (χ3n) is 4.87. The molecular weight excluding hydrogens is 252 g/mol. The highest BCUT2D eigenvalue weighted by molar-refractivity contribution is 7.10. The molecule has 1 aromatic heterocycles. The normalized spacial score (nSPS) is 29.6. The Morgan fingerprint density at radius 2 is 2.26 bits per heavy atom. The Morgan fingerprint density at radius 1 is 1.47 bits per heavy atom. The van der Waals surface area contributed by atoms with Gasteiger partial charge in [-0.15, -0.1) is 11.3 Å². The highest BCUT2D eigenvalue weighted by Crippen LogP contribution is 2.32. The molecule has 0 aromatic carbocycles. The van der Waals surface area contributed by atoms with Gasteiger partial charge < -0.3 is 5.73 Å². The summed E-state index contributed by atoms with van der Waals surface area (Å²) < 4.78 is 0. The summed E-state index contributed by atoms with van der Waals surface area (Å²) in [6.45, 7) is 5.75. The Kier molecular flexibility index (Phi) is 5.43. The lowest BCUT2D eigenvalue weighted by Gasteiger charge is -2.37. The molecule has 2 N–H and O–H groups in total. The first-order valence-electron chi connectivity index (χ1n) is 7.61. The fourth-order valence-corrected chi connectivity index (χ4v) is 4.09. The van der Waals surface area contributed by atoms with Gasteiger partial charge in [-0.05, 0) is 56.5 Å². The van der Waals surface area contributed by atoms with Crippen molar-refractivity contribution in [2.45, 2.75) is 51.6 Å². The van der Waals surface area contributed by atoms with Crippen LogP contribution < -0.4 is 5.73 Å². The summed E-state index contributed by atoms with van der Waals surface area (Å²) in [5, 5.41) is 2.17. The summed E-state index contributed by atoms with van der Waals surface area (Å²) in [7, 11) is 2.24. The van der Waals surface area contributed by atoms with Gasteiger partial charge in [0.1, 0.15) is 0 Å². The van der Waals surface area contributed by atoms with Crippen molar-refractivity contribution in [2.75, 3.05) is 13.6 Å². The zero-order chi connectivity index (χ0) is 13.8. The maximum absolute atomic E-state index is 6.34. The van der Waals surface area contributed by atoms with E-state index >= 15 is 0 Å². The highest BCUT2D eigenvalue weighted by atomic mass is 32.1. The largest absolute Gasteiger partial charge is 0.327 e. The maximum atomic E-state index is 6.34. The van der Waals surface area contributed by atoms with E-state index in [1.807, 2.05) is 11.3 Å². The Balaban J connectivity index is 1.91. The number of nitrogens with two attached hydrogens (primary N) is 1. The lowest BCUT2D eigenvalue weighted by Crippen LogP contribution is -2.42. The van der Waals surface area contributed by atoms with E-state index in [2.05, 4.69) is 43.3 Å². The van der Waals surface area contributed by atoms with Crippen molar-refractivity contribution in [3.05, 3.63) is 22.4 Å². The van der Waals surface area contributed by atoms with Crippen molar-refractivity contribution in [1.82, 2.24) is 4.90 Å². The van der Waals surface area contributed by atoms with Crippen molar-refractivity contribution in [3.8, 4) is 0 Å². The monoisotopic (exact) mass is 280 g/mol. The summed E-state index contributed by atoms with van der Waals surface area (Å²) in [4.78, 5) is 3.94. The number of nitrogens with zero attached hydrogens (tertiary/aromatic N) is 1. The van der Waals surface area contributed by atoms with Crippen LogP contribution in [0.25, 0.3) is 0 Å². The molecule has 4 unspecified atom stereocenters. The molecule has 1 saturated carbocycles. The van der Waals surface area contributed by atoms with Crippen LogP contribution in [0.3, 0.4) is 0 Å². The molecule has 0 aliphatic heterocycles. The van der Waals surface area contributed by atoms with Gasteiger partial charge in [0, 0.05) is 23.5 Å². The number of hydrogen-bond donors (Lipinski definition) is 1. The minimum absolute atomic E-state index is 0.404. The van der Waals surface area contributed by atoms with E-state index in [4.69, 9.17) is 5.73 Å². The zero-order valence-electron chi connectivity index (χ0n) is 12.5. The lowest BCUT2D eigenvalue weighted by molar-refractivity contribution is 0.149. The molecule has 2 rings (SSSR count). The van der Waals surface area contributed by atoms with Crippen LogP contribution in [0.15, 0.2) is 17.5 Å². The van der Waals surface area contributed by atoms with Gasteiger partial charge in [-0.25, -0.2) is 0 Å². The van der Waals surface area contributed by atoms with Crippen LogP contribution in [0.4, 0.5) is 0 Å². The van der Waals surface area contributed by atoms with E-state index in [1.54, 1.807) is 0 Å². The average molecular weight is 280 g/mol. The van der Waals surface area contributed by atoms with Crippen LogP contribution >= 0.6 is 11.3 Å². The first kappa shape index (κ1) is 15.0. The van der Waals surface area contributed by atoms with Gasteiger partial charge in [0.25, 0.3) is 0 Å². The maximum Gasteiger partial charge on any atom is 0.0410 e. The molecule has 1 aliphatic carbocycles. The molecule has 1 aliphatic rings. The predicted octanol–water partition coefficient (Wildman–Crippen LogP) is 3.89. The molecule has 0 spiro atoms. The molecule has 1 aromatic rings. The third kappa shape index (κ3) is 3.80. The molecule has 0 amide bonds. The van der Waals surface area contributed by atoms with E-state index in [1.165, 1.54) is 30.6 Å². The Labute approximate surface area is 122 Å². The van der Waals surface area contributed by atoms with Crippen LogP contribution in [0, 0.1) is 11.8 Å². The highest BCUT2D eigenvalue weighted by Gasteiger charge is 2.29. The summed E-state index contributed by atoms with van der Waals surface area (Å²) in [5.41, 5.74) is 6.34. The number of hydrogen-bond acceptors (Lipinski definition) is 3. The third-order valence-corrected chi connectivity index (χ3v) is 5.91. The van der Waals surface area contributed by atoms with Gasteiger partial charge in [0.2, 0.25) is 0 Å². The molecule has 1 heterocycles. The minimum Gasteiger partial charge on any atom is -0.327 e. The Morgan fingerprint density at radius 3 is 2.89 bits per heavy atom. The molecule has 0 bridgehead atoms. The quantitative estimate of drug-likeness (QED) is 0.886. The van der Waals surface area contributed by atoms with Crippen LogP contribution in [-0.2, 0) is 0 Å². The molecule has 0 saturated heterocycles. The van der Waals surface area contributed by atoms with Gasteiger partial charge in [-0.2, -0.15) is 0 Å². The van der Waals surface area contributed by atoms with Crippen molar-refractivity contribution in [1.29, 1.82) is 0 Å². The van der Waals surface area contributed by atoms with E-state index < -0.39 is 0 Å². The molecule has 3 heteroatoms. The van der Waals surface area contributed by atoms with Gasteiger partial charge in [-0.3, -0.25) is 4.90 Å². The smallest absolute Gasteiger partial charge is 0.0410 e. The summed E-state index contributed by atoms with van der Waals surface area (Å²) in [5.74, 6) is 1.57. The van der Waals surface area contributed by atoms with Crippen LogP contribution in [-0.4, -0.2) is 24.5 Å². The number of rotatable bonds is 5. The molecule has 0 radical (unpaired) electrons. The standard InChI is InChI=1S/C16H28N2S/c1-4-13-7-8-15(17)14(10-13)11-18(3)12(2)16-6-5-9-19-16/h5-6,9,12-15H,4,7-8,10-11,17H2,1-3H3. The Hall–Kier alpha value is -0.380. The van der Waals surface area contributed by atoms with E-state index in [0.29, 0.717) is 18.0 Å². The topological polar surface area (TPSA) is 29.3 Å². The van der Waals surface area contributed by atoms with Crippen molar-refractivity contribution >= 4 is 11.3 Å². The lowest BCUT2D eigenvalue weighted by atomic mass is 9.77. The van der Waals surface area contributed by atoms with E-state index in [0.717, 1.165) is 12.5 Å². The summed E-state index contributed by atoms with van der Waals surface area (Å²) >= 11 is 1.85. The van der Waals surface area contributed by atoms with E-state index in [9.17, 15) is 0 Å². The summed E-state index contributed by atoms with van der Waals surface area (Å²) in [6.07, 6.45) is 5.18. The molecule has 19 heavy (non-hydrogen) atoms. The molecule has 108 valence electrons. The predicted molar refractivity (Wildman–Crippen MR) is 84.5 cm³/mol. The van der Waals surface area contributed by atoms with Crippen LogP contribution in [0.5, 0.6) is 0 Å². The van der Waals surface area contributed by atoms with E-state index in [-0.39, 0.29) is 0 Å². The van der Waals surface area contributed by atoms with Crippen molar-refractivity contribution < 1.29 is 0 Å². The fourth-order valence-electron chi connectivity index (χ4n) is 3.24. The van der Waals surface area contributed by atoms with Crippen LogP contribution in [0.1, 0.15) is 50.4 Å². The zero-order valence-corrected chi connectivity index (χ0v) is 13.3. The van der Waals surface area contributed by atoms with Gasteiger partial charge in [0.05, 0.1) is 0 Å². The summed E-state index contributed by atoms with van der Waals surface area (Å²) in [6, 6.07) is 5.29. The second-order valence-corrected chi connectivity index (χ2v) is 7.12. The average Bonchev–Trinajstić information content (AvgIpc) is 2.94. The molecular formula is C16H28N2S. The molecule has 4 atom stereocenters. The molecule has 1 fully saturated rings. The SMILES string of the molecule is CCC1CCC(N)C(CN(C)C(C)c2cccs2)C1. The van der Waals surface area contributed by atoms with Crippen molar-refractivity contribution in [2.24, 2.45) is 17.6 Å². The number of thiophene rings is 1. The van der Waals surface area contributed by atoms with Crippen LogP contribution in [0.2, 0.25) is 0 Å².